The van der Waals surface area contributed by atoms with Crippen molar-refractivity contribution < 1.29 is 24.5 Å². The van der Waals surface area contributed by atoms with Gasteiger partial charge in [-0.05, 0) is 19.4 Å². The molecule has 1 saturated heterocycles. The Morgan fingerprint density at radius 2 is 1.95 bits per heavy atom. The number of aliphatic carboxylic acids is 1. The van der Waals surface area contributed by atoms with Crippen molar-refractivity contribution in [2.45, 2.75) is 31.6 Å². The van der Waals surface area contributed by atoms with Crippen molar-refractivity contribution in [3.8, 4) is 0 Å². The third kappa shape index (κ3) is 2.34. The molecule has 1 heterocycles. The molecule has 1 N–H and O–H groups in total. The van der Waals surface area contributed by atoms with Crippen LogP contribution in [0.2, 0.25) is 0 Å². The summed E-state index contributed by atoms with van der Waals surface area (Å²) in [7, 11) is 0. The molecule has 1 aliphatic rings. The summed E-state index contributed by atoms with van der Waals surface area (Å²) < 4.78 is 5.23. The zero-order chi connectivity index (χ0) is 15.0. The normalized spacial score (nSPS) is 29.4. The number of carbonyl (C=O) groups excluding carboxylic acids is 2. The lowest BCUT2D eigenvalue weighted by Gasteiger charge is -2.37. The summed E-state index contributed by atoms with van der Waals surface area (Å²) in [6.07, 6.45) is -0.589. The summed E-state index contributed by atoms with van der Waals surface area (Å²) in [6, 6.07) is 9.21. The van der Waals surface area contributed by atoms with Gasteiger partial charge in [0.25, 0.3) is 0 Å². The van der Waals surface area contributed by atoms with Gasteiger partial charge in [-0.15, -0.1) is 0 Å². The van der Waals surface area contributed by atoms with E-state index < -0.39 is 29.9 Å². The van der Waals surface area contributed by atoms with E-state index in [9.17, 15) is 19.8 Å². The molecule has 6 heteroatoms. The molecule has 0 saturated carbocycles. The van der Waals surface area contributed by atoms with Crippen LogP contribution in [-0.4, -0.2) is 39.9 Å². The fourth-order valence-corrected chi connectivity index (χ4v) is 2.34. The summed E-state index contributed by atoms with van der Waals surface area (Å²) in [5.74, 6) is -1.45. The van der Waals surface area contributed by atoms with Gasteiger partial charge >= 0.3 is 6.09 Å². The predicted molar refractivity (Wildman–Crippen MR) is 67.4 cm³/mol. The quantitative estimate of drug-likeness (QED) is 0.830. The zero-order valence-corrected chi connectivity index (χ0v) is 11.3. The molecular formula is C14H16NO5-. The molecule has 2 atom stereocenters. The van der Waals surface area contributed by atoms with Gasteiger partial charge in [0.2, 0.25) is 0 Å². The maximum atomic E-state index is 11.8. The molecule has 1 aromatic rings. The van der Waals surface area contributed by atoms with E-state index in [0.29, 0.717) is 0 Å². The second-order valence-corrected chi connectivity index (χ2v) is 5.24. The minimum Gasteiger partial charge on any atom is -0.548 e. The van der Waals surface area contributed by atoms with Crippen LogP contribution >= 0.6 is 0 Å². The topological polar surface area (TPSA) is 89.9 Å². The Labute approximate surface area is 116 Å². The number of carbonyl (C=O) groups is 2. The molecule has 0 unspecified atom stereocenters. The highest BCUT2D eigenvalue weighted by molar-refractivity contribution is 5.78. The van der Waals surface area contributed by atoms with Crippen molar-refractivity contribution in [3.05, 3.63) is 35.9 Å². The molecule has 108 valence electrons. The van der Waals surface area contributed by atoms with Crippen LogP contribution in [0.25, 0.3) is 0 Å². The zero-order valence-electron chi connectivity index (χ0n) is 11.3. The van der Waals surface area contributed by atoms with Crippen molar-refractivity contribution >= 4 is 12.1 Å². The van der Waals surface area contributed by atoms with Gasteiger partial charge in [0.15, 0.2) is 11.3 Å². The number of ether oxygens (including phenoxy) is 1. The molecule has 1 aliphatic heterocycles. The fourth-order valence-electron chi connectivity index (χ4n) is 2.34. The van der Waals surface area contributed by atoms with Crippen molar-refractivity contribution in [1.82, 2.24) is 4.90 Å². The van der Waals surface area contributed by atoms with Crippen LogP contribution in [0.15, 0.2) is 30.3 Å². The minimum atomic E-state index is -1.74. The first-order chi connectivity index (χ1) is 9.26. The van der Waals surface area contributed by atoms with Crippen LogP contribution in [0.5, 0.6) is 0 Å². The first-order valence-corrected chi connectivity index (χ1v) is 6.23. The number of amides is 1. The van der Waals surface area contributed by atoms with E-state index >= 15 is 0 Å². The molecule has 1 fully saturated rings. The third-order valence-corrected chi connectivity index (χ3v) is 3.73. The molecule has 0 aliphatic carbocycles. The molecule has 6 nitrogen and oxygen atoms in total. The highest BCUT2D eigenvalue weighted by Gasteiger charge is 2.59. The number of carboxylic acid groups (broad SMARTS) is 1. The molecular weight excluding hydrogens is 262 g/mol. The largest absolute Gasteiger partial charge is 0.548 e. The van der Waals surface area contributed by atoms with E-state index in [-0.39, 0.29) is 6.42 Å². The lowest BCUT2D eigenvalue weighted by molar-refractivity contribution is -0.307. The number of hydrogen-bond donors (Lipinski definition) is 1. The second kappa shape index (κ2) is 4.79. The predicted octanol–water partition coefficient (Wildman–Crippen LogP) is -0.102. The van der Waals surface area contributed by atoms with Gasteiger partial charge in [-0.3, -0.25) is 4.90 Å². The van der Waals surface area contributed by atoms with Gasteiger partial charge in [-0.25, -0.2) is 4.79 Å². The number of rotatable bonds is 4. The fraction of sp³-hybridized carbons (Fsp3) is 0.429. The van der Waals surface area contributed by atoms with Crippen LogP contribution < -0.4 is 5.11 Å². The van der Waals surface area contributed by atoms with Gasteiger partial charge < -0.3 is 19.7 Å². The summed E-state index contributed by atoms with van der Waals surface area (Å²) in [6.45, 7) is 2.23. The van der Waals surface area contributed by atoms with Crippen molar-refractivity contribution in [2.75, 3.05) is 6.54 Å². The Morgan fingerprint density at radius 1 is 1.35 bits per heavy atom. The van der Waals surface area contributed by atoms with Crippen molar-refractivity contribution in [1.29, 1.82) is 0 Å². The Hall–Kier alpha value is -2.08. The van der Waals surface area contributed by atoms with Crippen molar-refractivity contribution in [3.63, 3.8) is 0 Å². The van der Waals surface area contributed by atoms with Crippen LogP contribution in [0, 0.1) is 0 Å². The van der Waals surface area contributed by atoms with E-state index in [1.54, 1.807) is 6.92 Å². The van der Waals surface area contributed by atoms with Crippen LogP contribution in [0.1, 0.15) is 19.4 Å². The van der Waals surface area contributed by atoms with Crippen LogP contribution in [-0.2, 0) is 16.0 Å². The summed E-state index contributed by atoms with van der Waals surface area (Å²) in [5.41, 5.74) is -2.10. The van der Waals surface area contributed by atoms with Crippen LogP contribution in [0.4, 0.5) is 4.79 Å². The molecule has 20 heavy (non-hydrogen) atoms. The summed E-state index contributed by atoms with van der Waals surface area (Å²) in [4.78, 5) is 23.2. The minimum absolute atomic E-state index is 0.274. The maximum absolute atomic E-state index is 11.8. The first kappa shape index (κ1) is 14.3. The monoisotopic (exact) mass is 278 g/mol. The standard InChI is InChI=1S/C14H17NO5/c1-13(8-10-6-4-3-5-7-10)14(2,19)15(9-11(16)17)12(18)20-13/h3-7,19H,8-9H2,1-2H3,(H,16,17)/p-1/t13-,14-/m1/s1. The molecule has 0 spiro atoms. The molecule has 0 radical (unpaired) electrons. The lowest BCUT2D eigenvalue weighted by Crippen LogP contribution is -2.58. The maximum Gasteiger partial charge on any atom is 0.413 e. The number of nitrogens with zero attached hydrogens (tertiary/aromatic N) is 1. The SMILES string of the molecule is C[C@]1(Cc2ccccc2)OC(=O)N(CC(=O)[O-])[C@]1(C)O. The third-order valence-electron chi connectivity index (χ3n) is 3.73. The highest BCUT2D eigenvalue weighted by atomic mass is 16.6. The average molecular weight is 278 g/mol. The Morgan fingerprint density at radius 3 is 2.50 bits per heavy atom. The lowest BCUT2D eigenvalue weighted by atomic mass is 9.87. The molecule has 0 bridgehead atoms. The summed E-state index contributed by atoms with van der Waals surface area (Å²) in [5, 5.41) is 21.2. The summed E-state index contributed by atoms with van der Waals surface area (Å²) >= 11 is 0. The van der Waals surface area contributed by atoms with E-state index in [0.717, 1.165) is 10.5 Å². The van der Waals surface area contributed by atoms with Gasteiger partial charge in [0.1, 0.15) is 0 Å². The molecule has 2 rings (SSSR count). The average Bonchev–Trinajstić information content (AvgIpc) is 2.50. The first-order valence-electron chi connectivity index (χ1n) is 6.23. The van der Waals surface area contributed by atoms with Gasteiger partial charge in [0, 0.05) is 6.42 Å². The number of benzene rings is 1. The Balaban J connectivity index is 2.28. The second-order valence-electron chi connectivity index (χ2n) is 5.24. The molecule has 0 aromatic heterocycles. The number of hydrogen-bond acceptors (Lipinski definition) is 5. The van der Waals surface area contributed by atoms with Gasteiger partial charge in [-0.2, -0.15) is 0 Å². The highest BCUT2D eigenvalue weighted by Crippen LogP contribution is 2.39. The molecule has 1 aromatic carbocycles. The molecule has 1 amide bonds. The van der Waals surface area contributed by atoms with E-state index in [1.807, 2.05) is 30.3 Å². The number of carboxylic acids is 1. The van der Waals surface area contributed by atoms with E-state index in [1.165, 1.54) is 6.92 Å². The Kier molecular flexibility index (Phi) is 3.43. The smallest absolute Gasteiger partial charge is 0.413 e. The van der Waals surface area contributed by atoms with Gasteiger partial charge in [0.05, 0.1) is 12.5 Å². The van der Waals surface area contributed by atoms with E-state index in [2.05, 4.69) is 0 Å². The van der Waals surface area contributed by atoms with Gasteiger partial charge in [-0.1, -0.05) is 30.3 Å². The Bertz CT molecular complexity index is 528. The number of aliphatic hydroxyl groups is 1. The van der Waals surface area contributed by atoms with Crippen LogP contribution in [0.3, 0.4) is 0 Å². The number of cyclic esters (lactones) is 1. The van der Waals surface area contributed by atoms with E-state index in [4.69, 9.17) is 4.74 Å². The van der Waals surface area contributed by atoms with Crippen molar-refractivity contribution in [2.24, 2.45) is 0 Å².